The van der Waals surface area contributed by atoms with Gasteiger partial charge < -0.3 is 29.8 Å². The average molecular weight is 603 g/mol. The van der Waals surface area contributed by atoms with Crippen LogP contribution in [0.25, 0.3) is 11.2 Å². The Morgan fingerprint density at radius 1 is 1.09 bits per heavy atom. The minimum absolute atomic E-state index is 0.0432. The van der Waals surface area contributed by atoms with E-state index in [1.54, 1.807) is 10.9 Å². The van der Waals surface area contributed by atoms with Gasteiger partial charge in [0.1, 0.15) is 6.10 Å². The molecular formula is C28H34N12O4. The number of aliphatic hydroxyl groups excluding tert-OH is 1. The number of aliphatic hydroxyl groups is 1. The monoisotopic (exact) mass is 602 g/mol. The van der Waals surface area contributed by atoms with Crippen molar-refractivity contribution in [2.45, 2.75) is 57.3 Å². The largest absolute Gasteiger partial charge is 0.457 e. The molecule has 4 atom stereocenters. The Labute approximate surface area is 252 Å². The van der Waals surface area contributed by atoms with Gasteiger partial charge in [0.25, 0.3) is 6.47 Å². The summed E-state index contributed by atoms with van der Waals surface area (Å²) < 4.78 is 15.1. The van der Waals surface area contributed by atoms with Gasteiger partial charge in [-0.15, -0.1) is 10.2 Å². The fraction of sp³-hybridized carbons (Fsp3) is 0.429. The predicted octanol–water partition coefficient (Wildman–Crippen LogP) is 1.61. The van der Waals surface area contributed by atoms with Crippen LogP contribution in [0.3, 0.4) is 0 Å². The second kappa shape index (κ2) is 12.7. The second-order valence-electron chi connectivity index (χ2n) is 10.8. The molecule has 1 fully saturated rings. The van der Waals surface area contributed by atoms with Crippen molar-refractivity contribution in [3.8, 4) is 0 Å². The van der Waals surface area contributed by atoms with E-state index in [-0.39, 0.29) is 18.3 Å². The van der Waals surface area contributed by atoms with Crippen molar-refractivity contribution in [2.24, 2.45) is 7.05 Å². The summed E-state index contributed by atoms with van der Waals surface area (Å²) in [4.78, 5) is 31.3. The molecule has 0 amide bonds. The normalized spacial score (nSPS) is 19.9. The number of rotatable bonds is 13. The van der Waals surface area contributed by atoms with Crippen LogP contribution in [-0.2, 0) is 34.2 Å². The highest BCUT2D eigenvalue weighted by Crippen LogP contribution is 2.40. The standard InChI is InChI=1S/C28H34N12O4/c1-17(2)40-36-25(35-37-40)22-21(42)23(43-16-41)27(44-22)39-15-32-20-24(29-11-9-18-7-5-4-6-8-18)33-28(34-26(20)39)30-12-10-19-13-38(3)14-31-19/h4-8,13-17,21-23,27,42H,9-12H2,1-3H3,(H2,29,30,33,34)/t21-,22+,23-,27-/m1/s1. The Morgan fingerprint density at radius 3 is 2.64 bits per heavy atom. The number of nitrogens with one attached hydrogen (secondary N) is 2. The molecule has 6 rings (SSSR count). The first kappa shape index (κ1) is 29.1. The molecule has 1 saturated heterocycles. The molecule has 3 N–H and O–H groups in total. The summed E-state index contributed by atoms with van der Waals surface area (Å²) in [6, 6.07) is 10.1. The van der Waals surface area contributed by atoms with Gasteiger partial charge in [0, 0.05) is 32.8 Å². The summed E-state index contributed by atoms with van der Waals surface area (Å²) in [7, 11) is 1.92. The van der Waals surface area contributed by atoms with Crippen LogP contribution in [0, 0.1) is 0 Å². The highest BCUT2D eigenvalue weighted by atomic mass is 16.6. The van der Waals surface area contributed by atoms with Crippen molar-refractivity contribution >= 4 is 29.4 Å². The van der Waals surface area contributed by atoms with Gasteiger partial charge in [0.15, 0.2) is 35.4 Å². The van der Waals surface area contributed by atoms with Gasteiger partial charge in [-0.05, 0) is 31.0 Å². The molecule has 230 valence electrons. The van der Waals surface area contributed by atoms with Crippen LogP contribution in [0.1, 0.15) is 49.3 Å². The summed E-state index contributed by atoms with van der Waals surface area (Å²) in [5.74, 6) is 1.06. The molecule has 0 spiro atoms. The van der Waals surface area contributed by atoms with Crippen LogP contribution in [-0.4, -0.2) is 86.2 Å². The lowest BCUT2D eigenvalue weighted by Crippen LogP contribution is -2.32. The van der Waals surface area contributed by atoms with Gasteiger partial charge in [0.05, 0.1) is 24.4 Å². The van der Waals surface area contributed by atoms with Crippen molar-refractivity contribution in [3.05, 3.63) is 66.3 Å². The smallest absolute Gasteiger partial charge is 0.293 e. The molecule has 0 saturated carbocycles. The molecule has 1 aliphatic heterocycles. The first-order chi connectivity index (χ1) is 21.4. The second-order valence-corrected chi connectivity index (χ2v) is 10.8. The summed E-state index contributed by atoms with van der Waals surface area (Å²) in [5, 5.41) is 30.3. The third-order valence-electron chi connectivity index (χ3n) is 7.25. The lowest BCUT2D eigenvalue weighted by atomic mass is 10.1. The number of aromatic nitrogens is 10. The van der Waals surface area contributed by atoms with E-state index < -0.39 is 24.5 Å². The number of carbonyl (C=O) groups excluding carboxylic acids is 1. The molecule has 5 aromatic rings. The maximum Gasteiger partial charge on any atom is 0.293 e. The number of imidazole rings is 2. The van der Waals surface area contributed by atoms with E-state index in [4.69, 9.17) is 19.4 Å². The lowest BCUT2D eigenvalue weighted by Gasteiger charge is -2.20. The van der Waals surface area contributed by atoms with E-state index in [2.05, 4.69) is 48.1 Å². The average Bonchev–Trinajstić information content (AvgIpc) is 3.81. The molecule has 0 aliphatic carbocycles. The number of ether oxygens (including phenoxy) is 2. The highest BCUT2D eigenvalue weighted by molar-refractivity contribution is 5.84. The Bertz CT molecular complexity index is 1700. The first-order valence-electron chi connectivity index (χ1n) is 14.4. The number of carbonyl (C=O) groups is 1. The maximum atomic E-state index is 11.5. The summed E-state index contributed by atoms with van der Waals surface area (Å²) in [6.45, 7) is 5.23. The minimum Gasteiger partial charge on any atom is -0.457 e. The highest BCUT2D eigenvalue weighted by Gasteiger charge is 2.49. The van der Waals surface area contributed by atoms with E-state index in [1.165, 1.54) is 16.7 Å². The zero-order valence-electron chi connectivity index (χ0n) is 24.6. The lowest BCUT2D eigenvalue weighted by molar-refractivity contribution is -0.142. The topological polar surface area (TPSA) is 185 Å². The van der Waals surface area contributed by atoms with Crippen molar-refractivity contribution in [1.82, 2.24) is 49.3 Å². The van der Waals surface area contributed by atoms with E-state index in [9.17, 15) is 9.90 Å². The van der Waals surface area contributed by atoms with Gasteiger partial charge in [-0.3, -0.25) is 9.36 Å². The van der Waals surface area contributed by atoms with Crippen molar-refractivity contribution in [3.63, 3.8) is 0 Å². The zero-order chi connectivity index (χ0) is 30.6. The molecule has 1 aliphatic rings. The van der Waals surface area contributed by atoms with Gasteiger partial charge >= 0.3 is 0 Å². The molecule has 16 nitrogen and oxygen atoms in total. The molecule has 4 aromatic heterocycles. The number of aryl methyl sites for hydroxylation is 1. The van der Waals surface area contributed by atoms with E-state index in [0.29, 0.717) is 42.4 Å². The van der Waals surface area contributed by atoms with Crippen LogP contribution >= 0.6 is 0 Å². The summed E-state index contributed by atoms with van der Waals surface area (Å²) >= 11 is 0. The minimum atomic E-state index is -1.27. The van der Waals surface area contributed by atoms with E-state index in [1.807, 2.05) is 49.9 Å². The van der Waals surface area contributed by atoms with Crippen molar-refractivity contribution in [2.75, 3.05) is 23.7 Å². The van der Waals surface area contributed by atoms with Gasteiger partial charge in [-0.1, -0.05) is 30.3 Å². The number of nitrogens with zero attached hydrogens (tertiary/aromatic N) is 10. The molecule has 0 radical (unpaired) electrons. The fourth-order valence-electron chi connectivity index (χ4n) is 5.04. The Morgan fingerprint density at radius 2 is 1.91 bits per heavy atom. The van der Waals surface area contributed by atoms with E-state index in [0.717, 1.165) is 12.1 Å². The first-order valence-corrected chi connectivity index (χ1v) is 14.4. The van der Waals surface area contributed by atoms with Crippen LogP contribution in [0.2, 0.25) is 0 Å². The summed E-state index contributed by atoms with van der Waals surface area (Å²) in [6.07, 6.45) is 2.33. The molecule has 0 unspecified atom stereocenters. The van der Waals surface area contributed by atoms with Crippen LogP contribution in [0.15, 0.2) is 49.2 Å². The molecule has 44 heavy (non-hydrogen) atoms. The van der Waals surface area contributed by atoms with Crippen LogP contribution < -0.4 is 10.6 Å². The number of hydrogen-bond donors (Lipinski definition) is 3. The summed E-state index contributed by atoms with van der Waals surface area (Å²) in [5.41, 5.74) is 3.02. The van der Waals surface area contributed by atoms with E-state index >= 15 is 0 Å². The molecule has 1 aromatic carbocycles. The Kier molecular flexibility index (Phi) is 8.42. The number of fused-ring (bicyclic) bond motifs is 1. The van der Waals surface area contributed by atoms with Gasteiger partial charge in [-0.2, -0.15) is 14.8 Å². The Balaban J connectivity index is 1.30. The predicted molar refractivity (Wildman–Crippen MR) is 157 cm³/mol. The Hall–Kier alpha value is -4.96. The third kappa shape index (κ3) is 6.07. The fourth-order valence-corrected chi connectivity index (χ4v) is 5.04. The van der Waals surface area contributed by atoms with Gasteiger partial charge in [-0.25, -0.2) is 9.97 Å². The number of benzene rings is 1. The number of tetrazole rings is 1. The van der Waals surface area contributed by atoms with Crippen LogP contribution in [0.4, 0.5) is 11.8 Å². The van der Waals surface area contributed by atoms with Gasteiger partial charge in [0.2, 0.25) is 11.8 Å². The van der Waals surface area contributed by atoms with Crippen LogP contribution in [0.5, 0.6) is 0 Å². The number of anilines is 2. The maximum absolute atomic E-state index is 11.5. The molecule has 5 heterocycles. The quantitative estimate of drug-likeness (QED) is 0.165. The third-order valence-corrected chi connectivity index (χ3v) is 7.25. The zero-order valence-corrected chi connectivity index (χ0v) is 24.6. The molecule has 16 heteroatoms. The SMILES string of the molecule is CC(C)n1nnc([C@H]2O[C@@H](n3cnc4c(NCCc5ccccc5)nc(NCCc5cn(C)cn5)nc43)[C@H](OC=O)[C@@H]2O)n1. The van der Waals surface area contributed by atoms with Crippen molar-refractivity contribution < 1.29 is 19.4 Å². The molecular weight excluding hydrogens is 568 g/mol. The molecule has 0 bridgehead atoms. The van der Waals surface area contributed by atoms with Crippen molar-refractivity contribution in [1.29, 1.82) is 0 Å². The number of hydrogen-bond acceptors (Lipinski definition) is 13.